The van der Waals surface area contributed by atoms with Crippen LogP contribution in [0.1, 0.15) is 22.3 Å². The first-order chi connectivity index (χ1) is 14.1. The van der Waals surface area contributed by atoms with Crippen molar-refractivity contribution in [2.45, 2.75) is 13.3 Å². The second-order valence-corrected chi connectivity index (χ2v) is 7.40. The van der Waals surface area contributed by atoms with Crippen molar-refractivity contribution < 1.29 is 19.4 Å². The Morgan fingerprint density at radius 1 is 1.34 bits per heavy atom. The number of aryl methyl sites for hydroxylation is 1. The summed E-state index contributed by atoms with van der Waals surface area (Å²) in [6, 6.07) is 8.01. The number of H-pyrrole nitrogens is 1. The van der Waals surface area contributed by atoms with Crippen molar-refractivity contribution in [1.82, 2.24) is 9.97 Å². The van der Waals surface area contributed by atoms with Crippen molar-refractivity contribution in [3.8, 4) is 16.9 Å². The highest BCUT2D eigenvalue weighted by Crippen LogP contribution is 2.39. The molecule has 1 fully saturated rings. The van der Waals surface area contributed by atoms with E-state index in [4.69, 9.17) is 9.47 Å². The zero-order chi connectivity index (χ0) is 20.5. The van der Waals surface area contributed by atoms with E-state index in [0.29, 0.717) is 17.6 Å². The smallest absolute Gasteiger partial charge is 0.342 e. The number of fused-ring (bicyclic) bond motifs is 1. The van der Waals surface area contributed by atoms with Gasteiger partial charge in [0.2, 0.25) is 0 Å². The van der Waals surface area contributed by atoms with E-state index >= 15 is 0 Å². The van der Waals surface area contributed by atoms with Gasteiger partial charge in [-0.2, -0.15) is 0 Å². The maximum absolute atomic E-state index is 12.7. The second-order valence-electron chi connectivity index (χ2n) is 7.40. The lowest BCUT2D eigenvalue weighted by Gasteiger charge is -2.23. The monoisotopic (exact) mass is 395 g/mol. The minimum absolute atomic E-state index is 0.140. The number of aromatic nitrogens is 2. The molecule has 1 atom stereocenters. The van der Waals surface area contributed by atoms with Gasteiger partial charge in [-0.25, -0.2) is 9.78 Å². The predicted octanol–water partition coefficient (Wildman–Crippen LogP) is 3.15. The molecule has 1 aromatic heterocycles. The fraction of sp³-hybridized carbons (Fsp3) is 0.364. The Morgan fingerprint density at radius 2 is 2.17 bits per heavy atom. The van der Waals surface area contributed by atoms with Gasteiger partial charge in [-0.1, -0.05) is 6.07 Å². The van der Waals surface area contributed by atoms with Crippen LogP contribution in [0.4, 0.5) is 5.69 Å². The molecular weight excluding hydrogens is 370 g/mol. The minimum atomic E-state index is -0.404. The first-order valence-electron chi connectivity index (χ1n) is 9.66. The van der Waals surface area contributed by atoms with E-state index in [1.54, 1.807) is 13.4 Å². The van der Waals surface area contributed by atoms with Gasteiger partial charge < -0.3 is 24.5 Å². The summed E-state index contributed by atoms with van der Waals surface area (Å²) in [6.07, 6.45) is 2.48. The number of carbonyl (C=O) groups excluding carboxylic acids is 1. The van der Waals surface area contributed by atoms with E-state index in [1.807, 2.05) is 25.1 Å². The number of aromatic amines is 1. The van der Waals surface area contributed by atoms with Crippen molar-refractivity contribution >= 4 is 22.7 Å². The molecule has 2 aromatic carbocycles. The van der Waals surface area contributed by atoms with E-state index in [1.165, 1.54) is 7.11 Å². The summed E-state index contributed by atoms with van der Waals surface area (Å²) in [5, 5.41) is 9.56. The molecule has 4 rings (SSSR count). The molecule has 1 aliphatic rings. The zero-order valence-corrected chi connectivity index (χ0v) is 16.9. The molecule has 0 saturated carbocycles. The first kappa shape index (κ1) is 19.3. The van der Waals surface area contributed by atoms with Crippen molar-refractivity contribution in [3.05, 3.63) is 41.7 Å². The van der Waals surface area contributed by atoms with Gasteiger partial charge in [-0.3, -0.25) is 0 Å². The fourth-order valence-electron chi connectivity index (χ4n) is 4.12. The number of nitrogens with one attached hydrogen (secondary N) is 1. The van der Waals surface area contributed by atoms with E-state index in [-0.39, 0.29) is 12.5 Å². The molecule has 0 radical (unpaired) electrons. The summed E-state index contributed by atoms with van der Waals surface area (Å²) in [5.41, 5.74) is 5.61. The molecule has 0 spiro atoms. The maximum Gasteiger partial charge on any atom is 0.342 e. The van der Waals surface area contributed by atoms with E-state index in [2.05, 4.69) is 20.9 Å². The average Bonchev–Trinajstić information content (AvgIpc) is 3.41. The summed E-state index contributed by atoms with van der Waals surface area (Å²) in [4.78, 5) is 22.4. The molecule has 7 nitrogen and oxygen atoms in total. The molecule has 0 amide bonds. The van der Waals surface area contributed by atoms with Crippen LogP contribution in [-0.4, -0.2) is 55.0 Å². The number of esters is 1. The first-order valence-corrected chi connectivity index (χ1v) is 9.66. The molecule has 1 saturated heterocycles. The van der Waals surface area contributed by atoms with Crippen LogP contribution in [0.3, 0.4) is 0 Å². The minimum Gasteiger partial charge on any atom is -0.496 e. The van der Waals surface area contributed by atoms with E-state index in [0.717, 1.165) is 46.6 Å². The SMILES string of the molecule is COC(=O)c1c(N2CC[C@H](CO)C2)cc(-c2ccc(OC)c(C)c2)c2nc[nH]c12. The van der Waals surface area contributed by atoms with Crippen molar-refractivity contribution in [2.75, 3.05) is 38.8 Å². The third-order valence-corrected chi connectivity index (χ3v) is 5.66. The van der Waals surface area contributed by atoms with E-state index < -0.39 is 5.97 Å². The van der Waals surface area contributed by atoms with Gasteiger partial charge in [0.25, 0.3) is 0 Å². The Morgan fingerprint density at radius 3 is 2.83 bits per heavy atom. The summed E-state index contributed by atoms with van der Waals surface area (Å²) in [6.45, 7) is 3.61. The lowest BCUT2D eigenvalue weighted by atomic mass is 9.97. The number of aliphatic hydroxyl groups excluding tert-OH is 1. The Labute approximate surface area is 169 Å². The molecule has 152 valence electrons. The summed E-state index contributed by atoms with van der Waals surface area (Å²) >= 11 is 0. The molecule has 0 bridgehead atoms. The largest absolute Gasteiger partial charge is 0.496 e. The molecule has 1 aliphatic heterocycles. The number of anilines is 1. The normalized spacial score (nSPS) is 16.4. The van der Waals surface area contributed by atoms with E-state index in [9.17, 15) is 9.90 Å². The van der Waals surface area contributed by atoms with Crippen molar-refractivity contribution in [2.24, 2.45) is 5.92 Å². The van der Waals surface area contributed by atoms with Crippen LogP contribution in [0.25, 0.3) is 22.2 Å². The number of carbonyl (C=O) groups is 1. The quantitative estimate of drug-likeness (QED) is 0.646. The van der Waals surface area contributed by atoms with Crippen LogP contribution in [0.2, 0.25) is 0 Å². The van der Waals surface area contributed by atoms with Gasteiger partial charge in [0.05, 0.1) is 37.3 Å². The Hall–Kier alpha value is -3.06. The maximum atomic E-state index is 12.7. The van der Waals surface area contributed by atoms with Gasteiger partial charge in [0.15, 0.2) is 0 Å². The number of rotatable bonds is 5. The summed E-state index contributed by atoms with van der Waals surface area (Å²) < 4.78 is 10.5. The average molecular weight is 395 g/mol. The van der Waals surface area contributed by atoms with Gasteiger partial charge in [-0.05, 0) is 42.7 Å². The standard InChI is InChI=1S/C22H25N3O4/c1-13-8-15(4-5-18(13)28-2)16-9-17(25-7-6-14(10-25)11-26)19(22(27)29-3)21-20(16)23-12-24-21/h4-5,8-9,12,14,26H,6-7,10-11H2,1-3H3,(H,23,24)/t14-/m0/s1. The molecule has 29 heavy (non-hydrogen) atoms. The number of imidazole rings is 1. The highest BCUT2D eigenvalue weighted by molar-refractivity contribution is 6.11. The highest BCUT2D eigenvalue weighted by Gasteiger charge is 2.29. The topological polar surface area (TPSA) is 87.7 Å². The van der Waals surface area contributed by atoms with Crippen LogP contribution >= 0.6 is 0 Å². The number of methoxy groups -OCH3 is 2. The third-order valence-electron chi connectivity index (χ3n) is 5.66. The third kappa shape index (κ3) is 3.31. The van der Waals surface area contributed by atoms with Crippen LogP contribution in [0, 0.1) is 12.8 Å². The zero-order valence-electron chi connectivity index (χ0n) is 16.9. The van der Waals surface area contributed by atoms with Crippen LogP contribution < -0.4 is 9.64 Å². The van der Waals surface area contributed by atoms with Crippen LogP contribution in [-0.2, 0) is 4.74 Å². The van der Waals surface area contributed by atoms with Crippen LogP contribution in [0.15, 0.2) is 30.6 Å². The lowest BCUT2D eigenvalue weighted by Crippen LogP contribution is -2.23. The number of ether oxygens (including phenoxy) is 2. The van der Waals surface area contributed by atoms with Gasteiger partial charge in [-0.15, -0.1) is 0 Å². The number of hydrogen-bond donors (Lipinski definition) is 2. The summed E-state index contributed by atoms with van der Waals surface area (Å²) in [5.74, 6) is 0.618. The molecule has 7 heteroatoms. The fourth-order valence-corrected chi connectivity index (χ4v) is 4.12. The molecule has 0 aliphatic carbocycles. The molecule has 3 aromatic rings. The number of benzene rings is 2. The second kappa shape index (κ2) is 7.75. The number of hydrogen-bond acceptors (Lipinski definition) is 6. The molecule has 2 heterocycles. The molecule has 2 N–H and O–H groups in total. The summed E-state index contributed by atoms with van der Waals surface area (Å²) in [7, 11) is 3.04. The lowest BCUT2D eigenvalue weighted by molar-refractivity contribution is 0.0603. The number of aliphatic hydroxyl groups is 1. The molecular formula is C22H25N3O4. The van der Waals surface area contributed by atoms with Gasteiger partial charge in [0, 0.05) is 31.2 Å². The van der Waals surface area contributed by atoms with Crippen molar-refractivity contribution in [1.29, 1.82) is 0 Å². The Kier molecular flexibility index (Phi) is 5.15. The molecule has 0 unspecified atom stereocenters. The Balaban J connectivity index is 1.93. The predicted molar refractivity (Wildman–Crippen MR) is 112 cm³/mol. The van der Waals surface area contributed by atoms with Gasteiger partial charge in [0.1, 0.15) is 11.3 Å². The van der Waals surface area contributed by atoms with Gasteiger partial charge >= 0.3 is 5.97 Å². The Bertz CT molecular complexity index is 1060. The van der Waals surface area contributed by atoms with Crippen LogP contribution in [0.5, 0.6) is 5.75 Å². The highest BCUT2D eigenvalue weighted by atomic mass is 16.5. The van der Waals surface area contributed by atoms with Crippen molar-refractivity contribution in [3.63, 3.8) is 0 Å². The number of nitrogens with zero attached hydrogens (tertiary/aromatic N) is 2.